The summed E-state index contributed by atoms with van der Waals surface area (Å²) in [6, 6.07) is 2.65. The van der Waals surface area contributed by atoms with Crippen molar-refractivity contribution in [3.63, 3.8) is 0 Å². The molecule has 0 unspecified atom stereocenters. The van der Waals surface area contributed by atoms with E-state index >= 15 is 0 Å². The van der Waals surface area contributed by atoms with Gasteiger partial charge in [-0.05, 0) is 39.8 Å². The first kappa shape index (κ1) is 10.5. The van der Waals surface area contributed by atoms with Crippen LogP contribution in [0.4, 0.5) is 0 Å². The summed E-state index contributed by atoms with van der Waals surface area (Å²) in [4.78, 5) is 2.20. The molecular weight excluding hydrogens is 162 g/mol. The van der Waals surface area contributed by atoms with Crippen molar-refractivity contribution in [2.75, 3.05) is 14.1 Å². The van der Waals surface area contributed by atoms with Crippen molar-refractivity contribution in [1.29, 1.82) is 5.26 Å². The summed E-state index contributed by atoms with van der Waals surface area (Å²) in [6.07, 6.45) is 4.87. The summed E-state index contributed by atoms with van der Waals surface area (Å²) >= 11 is 0. The summed E-state index contributed by atoms with van der Waals surface area (Å²) in [7, 11) is 4.13. The quantitative estimate of drug-likeness (QED) is 0.694. The lowest BCUT2D eigenvalue weighted by atomic mass is 9.77. The molecule has 13 heavy (non-hydrogen) atoms. The van der Waals surface area contributed by atoms with Crippen molar-refractivity contribution in [1.82, 2.24) is 4.90 Å². The molecule has 0 amide bonds. The summed E-state index contributed by atoms with van der Waals surface area (Å²) in [5.41, 5.74) is 5.95. The predicted octanol–water partition coefficient (Wildman–Crippen LogP) is 1.10. The van der Waals surface area contributed by atoms with Crippen molar-refractivity contribution in [3.8, 4) is 6.07 Å². The zero-order valence-corrected chi connectivity index (χ0v) is 8.58. The average molecular weight is 181 g/mol. The number of nitrogens with two attached hydrogens (primary N) is 1. The van der Waals surface area contributed by atoms with Crippen LogP contribution < -0.4 is 5.73 Å². The molecule has 1 rings (SSSR count). The molecule has 0 heterocycles. The van der Waals surface area contributed by atoms with E-state index in [0.717, 1.165) is 25.7 Å². The van der Waals surface area contributed by atoms with E-state index in [4.69, 9.17) is 11.0 Å². The van der Waals surface area contributed by atoms with Crippen LogP contribution in [0.15, 0.2) is 0 Å². The minimum absolute atomic E-state index is 0.102. The Kier molecular flexibility index (Phi) is 3.29. The number of nitrogens with zero attached hydrogens (tertiary/aromatic N) is 2. The first-order chi connectivity index (χ1) is 6.10. The molecule has 1 aliphatic carbocycles. The van der Waals surface area contributed by atoms with Gasteiger partial charge in [-0.15, -0.1) is 0 Å². The molecule has 0 saturated heterocycles. The van der Waals surface area contributed by atoms with Gasteiger partial charge in [-0.25, -0.2) is 0 Å². The molecule has 0 atom stereocenters. The highest BCUT2D eigenvalue weighted by molar-refractivity contribution is 4.99. The molecule has 2 N–H and O–H groups in total. The lowest BCUT2D eigenvalue weighted by Gasteiger charge is -2.43. The maximum atomic E-state index is 8.79. The predicted molar refractivity (Wildman–Crippen MR) is 53.1 cm³/mol. The second kappa shape index (κ2) is 4.08. The van der Waals surface area contributed by atoms with E-state index in [1.54, 1.807) is 0 Å². The van der Waals surface area contributed by atoms with Crippen molar-refractivity contribution in [3.05, 3.63) is 0 Å². The van der Waals surface area contributed by atoms with Crippen LogP contribution in [0.1, 0.15) is 32.1 Å². The van der Waals surface area contributed by atoms with Gasteiger partial charge in [0.1, 0.15) is 0 Å². The van der Waals surface area contributed by atoms with E-state index in [2.05, 4.69) is 25.1 Å². The minimum atomic E-state index is 0.102. The highest BCUT2D eigenvalue weighted by Gasteiger charge is 2.35. The van der Waals surface area contributed by atoms with Crippen LogP contribution in [0.25, 0.3) is 0 Å². The fourth-order valence-electron chi connectivity index (χ4n) is 2.11. The molecular formula is C10H19N3. The lowest BCUT2D eigenvalue weighted by molar-refractivity contribution is 0.0979. The average Bonchev–Trinajstić information content (AvgIpc) is 2.09. The first-order valence-electron chi connectivity index (χ1n) is 4.91. The molecule has 0 aromatic carbocycles. The standard InChI is InChI=1S/C10H19N3/c1-13(2)10(7-8-11)5-3-9(12)4-6-10/h9H,3-7,12H2,1-2H3. The zero-order valence-electron chi connectivity index (χ0n) is 8.58. The number of rotatable bonds is 2. The third-order valence-corrected chi connectivity index (χ3v) is 3.32. The second-order valence-corrected chi connectivity index (χ2v) is 4.29. The fourth-order valence-corrected chi connectivity index (χ4v) is 2.11. The van der Waals surface area contributed by atoms with Crippen LogP contribution in [-0.4, -0.2) is 30.6 Å². The first-order valence-corrected chi connectivity index (χ1v) is 4.91. The third-order valence-electron chi connectivity index (χ3n) is 3.32. The molecule has 74 valence electrons. The van der Waals surface area contributed by atoms with E-state index in [0.29, 0.717) is 12.5 Å². The van der Waals surface area contributed by atoms with Crippen LogP contribution in [-0.2, 0) is 0 Å². The number of hydrogen-bond donors (Lipinski definition) is 1. The summed E-state index contributed by atoms with van der Waals surface area (Å²) < 4.78 is 0. The van der Waals surface area contributed by atoms with Gasteiger partial charge >= 0.3 is 0 Å². The molecule has 3 nitrogen and oxygen atoms in total. The number of hydrogen-bond acceptors (Lipinski definition) is 3. The Bertz CT molecular complexity index is 197. The lowest BCUT2D eigenvalue weighted by Crippen LogP contribution is -2.48. The van der Waals surface area contributed by atoms with Gasteiger partial charge in [-0.2, -0.15) is 5.26 Å². The summed E-state index contributed by atoms with van der Waals surface area (Å²) in [5, 5.41) is 8.79. The van der Waals surface area contributed by atoms with Gasteiger partial charge in [-0.3, -0.25) is 0 Å². The molecule has 0 aromatic heterocycles. The van der Waals surface area contributed by atoms with Gasteiger partial charge in [0.2, 0.25) is 0 Å². The van der Waals surface area contributed by atoms with Crippen molar-refractivity contribution < 1.29 is 0 Å². The van der Waals surface area contributed by atoms with E-state index in [1.165, 1.54) is 0 Å². The Hall–Kier alpha value is -0.590. The smallest absolute Gasteiger partial charge is 0.0641 e. The Balaban J connectivity index is 2.64. The molecule has 0 aromatic rings. The van der Waals surface area contributed by atoms with Crippen LogP contribution in [0.2, 0.25) is 0 Å². The molecule has 0 bridgehead atoms. The molecule has 1 saturated carbocycles. The third kappa shape index (κ3) is 2.20. The van der Waals surface area contributed by atoms with Crippen molar-refractivity contribution in [2.45, 2.75) is 43.7 Å². The molecule has 0 aliphatic heterocycles. The van der Waals surface area contributed by atoms with E-state index in [1.807, 2.05) is 0 Å². The molecule has 0 spiro atoms. The maximum Gasteiger partial charge on any atom is 0.0641 e. The van der Waals surface area contributed by atoms with Gasteiger partial charge in [0.25, 0.3) is 0 Å². The van der Waals surface area contributed by atoms with Gasteiger partial charge in [-0.1, -0.05) is 0 Å². The minimum Gasteiger partial charge on any atom is -0.328 e. The van der Waals surface area contributed by atoms with Crippen LogP contribution in [0.5, 0.6) is 0 Å². The zero-order chi connectivity index (χ0) is 9.90. The van der Waals surface area contributed by atoms with E-state index in [-0.39, 0.29) is 5.54 Å². The topological polar surface area (TPSA) is 53.0 Å². The maximum absolute atomic E-state index is 8.79. The molecule has 1 aliphatic rings. The Morgan fingerprint density at radius 1 is 1.46 bits per heavy atom. The fraction of sp³-hybridized carbons (Fsp3) is 0.900. The normalized spacial score (nSPS) is 34.5. The molecule has 1 fully saturated rings. The van der Waals surface area contributed by atoms with Crippen molar-refractivity contribution in [2.24, 2.45) is 5.73 Å². The van der Waals surface area contributed by atoms with Crippen molar-refractivity contribution >= 4 is 0 Å². The van der Waals surface area contributed by atoms with E-state index in [9.17, 15) is 0 Å². The molecule has 0 radical (unpaired) electrons. The monoisotopic (exact) mass is 181 g/mol. The van der Waals surface area contributed by atoms with Crippen LogP contribution in [0.3, 0.4) is 0 Å². The summed E-state index contributed by atoms with van der Waals surface area (Å²) in [5.74, 6) is 0. The number of nitriles is 1. The van der Waals surface area contributed by atoms with Gasteiger partial charge in [0.05, 0.1) is 12.5 Å². The van der Waals surface area contributed by atoms with Gasteiger partial charge in [0.15, 0.2) is 0 Å². The SMILES string of the molecule is CN(C)C1(CC#N)CCC(N)CC1. The Labute approximate surface area is 80.5 Å². The van der Waals surface area contributed by atoms with E-state index < -0.39 is 0 Å². The largest absolute Gasteiger partial charge is 0.328 e. The highest BCUT2D eigenvalue weighted by Crippen LogP contribution is 2.34. The second-order valence-electron chi connectivity index (χ2n) is 4.29. The Morgan fingerprint density at radius 3 is 2.38 bits per heavy atom. The van der Waals surface area contributed by atoms with Crippen LogP contribution >= 0.6 is 0 Å². The van der Waals surface area contributed by atoms with Gasteiger partial charge < -0.3 is 10.6 Å². The molecule has 3 heteroatoms. The summed E-state index contributed by atoms with van der Waals surface area (Å²) in [6.45, 7) is 0. The van der Waals surface area contributed by atoms with Crippen LogP contribution in [0, 0.1) is 11.3 Å². The highest BCUT2D eigenvalue weighted by atomic mass is 15.1. The van der Waals surface area contributed by atoms with Gasteiger partial charge in [0, 0.05) is 11.6 Å². The Morgan fingerprint density at radius 2 is 2.00 bits per heavy atom.